The summed E-state index contributed by atoms with van der Waals surface area (Å²) in [5, 5.41) is 17.9. The Balaban J connectivity index is 2.21. The molecule has 2 rings (SSSR count). The number of amides is 1. The smallest absolute Gasteiger partial charge is 0.408 e. The first-order chi connectivity index (χ1) is 8.58. The summed E-state index contributed by atoms with van der Waals surface area (Å²) in [6.07, 6.45) is 0.897. The fourth-order valence-corrected chi connectivity index (χ4v) is 2.06. The number of carboxylic acid groups (broad SMARTS) is 2. The van der Waals surface area contributed by atoms with Crippen molar-refractivity contribution in [3.63, 3.8) is 0 Å². The van der Waals surface area contributed by atoms with Crippen LogP contribution in [-0.2, 0) is 4.79 Å². The van der Waals surface area contributed by atoms with Gasteiger partial charge in [-0.15, -0.1) is 0 Å². The van der Waals surface area contributed by atoms with Gasteiger partial charge in [-0.3, -0.25) is 4.90 Å². The van der Waals surface area contributed by atoms with Gasteiger partial charge in [0, 0.05) is 13.0 Å². The first-order valence-corrected chi connectivity index (χ1v) is 5.55. The molecule has 1 aliphatic heterocycles. The minimum absolute atomic E-state index is 0.154. The molecule has 94 valence electrons. The molecule has 1 saturated heterocycles. The van der Waals surface area contributed by atoms with Crippen LogP contribution in [0.4, 0.5) is 4.79 Å². The van der Waals surface area contributed by atoms with Crippen LogP contribution in [0.2, 0.25) is 0 Å². The van der Waals surface area contributed by atoms with E-state index in [1.54, 1.807) is 0 Å². The van der Waals surface area contributed by atoms with Gasteiger partial charge in [0.2, 0.25) is 0 Å². The van der Waals surface area contributed by atoms with Gasteiger partial charge in [0.15, 0.2) is 0 Å². The van der Waals surface area contributed by atoms with Crippen LogP contribution in [0.25, 0.3) is 6.08 Å². The molecule has 0 bridgehead atoms. The Kier molecular flexibility index (Phi) is 3.32. The molecule has 18 heavy (non-hydrogen) atoms. The van der Waals surface area contributed by atoms with E-state index < -0.39 is 18.1 Å². The third-order valence-corrected chi connectivity index (χ3v) is 2.91. The molecule has 1 amide bonds. The Morgan fingerprint density at radius 1 is 1.22 bits per heavy atom. The molecular formula is C13H13NO4. The molecule has 1 heterocycles. The summed E-state index contributed by atoms with van der Waals surface area (Å²) in [7, 11) is 0. The molecule has 0 radical (unpaired) electrons. The van der Waals surface area contributed by atoms with Gasteiger partial charge in [0.05, 0.1) is 0 Å². The third-order valence-electron chi connectivity index (χ3n) is 2.91. The van der Waals surface area contributed by atoms with Crippen molar-refractivity contribution in [1.82, 2.24) is 4.90 Å². The third kappa shape index (κ3) is 2.51. The van der Waals surface area contributed by atoms with Gasteiger partial charge in [-0.1, -0.05) is 36.4 Å². The van der Waals surface area contributed by atoms with Crippen molar-refractivity contribution in [1.29, 1.82) is 0 Å². The van der Waals surface area contributed by atoms with Crippen molar-refractivity contribution in [3.8, 4) is 0 Å². The molecule has 1 aromatic carbocycles. The quantitative estimate of drug-likeness (QED) is 0.836. The SMILES string of the molecule is O=C(O)[C@@H]1CC(=Cc2ccccc2)CN1C(=O)O. The Morgan fingerprint density at radius 2 is 1.89 bits per heavy atom. The van der Waals surface area contributed by atoms with E-state index in [0.717, 1.165) is 16.0 Å². The van der Waals surface area contributed by atoms with Crippen LogP contribution in [0.15, 0.2) is 35.9 Å². The maximum absolute atomic E-state index is 11.0. The number of carboxylic acids is 1. The molecule has 5 heteroatoms. The average Bonchev–Trinajstić information content (AvgIpc) is 2.74. The number of benzene rings is 1. The lowest BCUT2D eigenvalue weighted by atomic mass is 10.1. The van der Waals surface area contributed by atoms with Crippen LogP contribution >= 0.6 is 0 Å². The van der Waals surface area contributed by atoms with Crippen molar-refractivity contribution in [3.05, 3.63) is 41.5 Å². The monoisotopic (exact) mass is 247 g/mol. The van der Waals surface area contributed by atoms with E-state index in [-0.39, 0.29) is 13.0 Å². The highest BCUT2D eigenvalue weighted by Gasteiger charge is 2.36. The predicted octanol–water partition coefficient (Wildman–Crippen LogP) is 1.91. The molecular weight excluding hydrogens is 234 g/mol. The van der Waals surface area contributed by atoms with Crippen molar-refractivity contribution in [2.24, 2.45) is 0 Å². The molecule has 2 N–H and O–H groups in total. The van der Waals surface area contributed by atoms with Crippen molar-refractivity contribution < 1.29 is 19.8 Å². The number of aliphatic carboxylic acids is 1. The minimum atomic E-state index is -1.20. The standard InChI is InChI=1S/C13H13NO4/c15-12(16)11-7-10(8-14(11)13(17)18)6-9-4-2-1-3-5-9/h1-6,11H,7-8H2,(H,15,16)(H,17,18)/t11-/m0/s1. The van der Waals surface area contributed by atoms with Crippen LogP contribution in [0.3, 0.4) is 0 Å². The van der Waals surface area contributed by atoms with Crippen LogP contribution in [-0.4, -0.2) is 39.8 Å². The fraction of sp³-hybridized carbons (Fsp3) is 0.231. The van der Waals surface area contributed by atoms with Crippen molar-refractivity contribution in [2.75, 3.05) is 6.54 Å². The van der Waals surface area contributed by atoms with E-state index in [9.17, 15) is 9.59 Å². The topological polar surface area (TPSA) is 77.8 Å². The lowest BCUT2D eigenvalue weighted by molar-refractivity contribution is -0.141. The summed E-state index contributed by atoms with van der Waals surface area (Å²) in [5.41, 5.74) is 1.76. The molecule has 1 aromatic rings. The normalized spacial score (nSPS) is 21.2. The van der Waals surface area contributed by atoms with E-state index in [0.29, 0.717) is 0 Å². The summed E-state index contributed by atoms with van der Waals surface area (Å²) in [6.45, 7) is 0.154. The highest BCUT2D eigenvalue weighted by Crippen LogP contribution is 2.24. The first kappa shape index (κ1) is 12.2. The second-order valence-corrected chi connectivity index (χ2v) is 4.18. The summed E-state index contributed by atoms with van der Waals surface area (Å²) in [6, 6.07) is 8.46. The van der Waals surface area contributed by atoms with Crippen LogP contribution in [0.1, 0.15) is 12.0 Å². The van der Waals surface area contributed by atoms with Gasteiger partial charge in [-0.25, -0.2) is 9.59 Å². The van der Waals surface area contributed by atoms with Gasteiger partial charge < -0.3 is 10.2 Å². The van der Waals surface area contributed by atoms with E-state index in [4.69, 9.17) is 10.2 Å². The largest absolute Gasteiger partial charge is 0.480 e. The summed E-state index contributed by atoms with van der Waals surface area (Å²) in [4.78, 5) is 22.9. The maximum atomic E-state index is 11.0. The average molecular weight is 247 g/mol. The van der Waals surface area contributed by atoms with Crippen LogP contribution < -0.4 is 0 Å². The first-order valence-electron chi connectivity index (χ1n) is 5.55. The number of carbonyl (C=O) groups is 2. The highest BCUT2D eigenvalue weighted by atomic mass is 16.4. The van der Waals surface area contributed by atoms with Crippen LogP contribution in [0, 0.1) is 0 Å². The Bertz CT molecular complexity index is 471. The number of rotatable bonds is 2. The van der Waals surface area contributed by atoms with E-state index in [1.165, 1.54) is 0 Å². The van der Waals surface area contributed by atoms with Gasteiger partial charge in [0.1, 0.15) is 6.04 Å². The zero-order valence-electron chi connectivity index (χ0n) is 9.61. The van der Waals surface area contributed by atoms with Crippen LogP contribution in [0.5, 0.6) is 0 Å². The van der Waals surface area contributed by atoms with Gasteiger partial charge in [-0.05, 0) is 11.1 Å². The molecule has 0 aromatic heterocycles. The van der Waals surface area contributed by atoms with E-state index >= 15 is 0 Å². The highest BCUT2D eigenvalue weighted by molar-refractivity contribution is 5.81. The molecule has 0 saturated carbocycles. The second kappa shape index (κ2) is 4.91. The van der Waals surface area contributed by atoms with E-state index in [1.807, 2.05) is 36.4 Å². The molecule has 1 fully saturated rings. The minimum Gasteiger partial charge on any atom is -0.480 e. The summed E-state index contributed by atoms with van der Waals surface area (Å²) < 4.78 is 0. The van der Waals surface area contributed by atoms with Gasteiger partial charge >= 0.3 is 12.1 Å². The molecule has 0 aliphatic carbocycles. The number of nitrogens with zero attached hydrogens (tertiary/aromatic N) is 1. The second-order valence-electron chi connectivity index (χ2n) is 4.18. The molecule has 5 nitrogen and oxygen atoms in total. The predicted molar refractivity (Wildman–Crippen MR) is 65.2 cm³/mol. The lowest BCUT2D eigenvalue weighted by Crippen LogP contribution is -2.39. The number of hydrogen-bond acceptors (Lipinski definition) is 2. The zero-order valence-corrected chi connectivity index (χ0v) is 9.61. The Labute approximate surface area is 104 Å². The summed E-state index contributed by atoms with van der Waals surface area (Å²) in [5.74, 6) is -1.10. The zero-order chi connectivity index (χ0) is 13.1. The molecule has 0 unspecified atom stereocenters. The molecule has 0 spiro atoms. The maximum Gasteiger partial charge on any atom is 0.408 e. The summed E-state index contributed by atoms with van der Waals surface area (Å²) >= 11 is 0. The van der Waals surface area contributed by atoms with Gasteiger partial charge in [0.25, 0.3) is 0 Å². The lowest BCUT2D eigenvalue weighted by Gasteiger charge is -2.16. The number of likely N-dealkylation sites (tertiary alicyclic amines) is 1. The van der Waals surface area contributed by atoms with Crippen molar-refractivity contribution in [2.45, 2.75) is 12.5 Å². The molecule has 1 atom stereocenters. The Morgan fingerprint density at radius 3 is 2.39 bits per heavy atom. The molecule has 1 aliphatic rings. The number of hydrogen-bond donors (Lipinski definition) is 2. The van der Waals surface area contributed by atoms with Crippen molar-refractivity contribution >= 4 is 18.1 Å². The fourth-order valence-electron chi connectivity index (χ4n) is 2.06. The Hall–Kier alpha value is -2.30. The van der Waals surface area contributed by atoms with E-state index in [2.05, 4.69) is 0 Å². The van der Waals surface area contributed by atoms with Gasteiger partial charge in [-0.2, -0.15) is 0 Å².